The SMILES string of the molecule is O=C(N[C@@H](c1ccccn1)C1CCN(Cc2ccccc2F)CC1)C1CC1. The molecule has 1 atom stereocenters. The van der Waals surface area contributed by atoms with E-state index < -0.39 is 0 Å². The number of nitrogens with zero attached hydrogens (tertiary/aromatic N) is 2. The number of nitrogens with one attached hydrogen (secondary N) is 1. The van der Waals surface area contributed by atoms with Gasteiger partial charge in [0.2, 0.25) is 5.91 Å². The highest BCUT2D eigenvalue weighted by Crippen LogP contribution is 2.34. The molecule has 5 heteroatoms. The van der Waals surface area contributed by atoms with E-state index in [9.17, 15) is 9.18 Å². The van der Waals surface area contributed by atoms with E-state index in [1.165, 1.54) is 6.07 Å². The molecule has 4 nitrogen and oxygen atoms in total. The average Bonchev–Trinajstić information content (AvgIpc) is 3.55. The second-order valence-corrected chi connectivity index (χ2v) is 7.72. The summed E-state index contributed by atoms with van der Waals surface area (Å²) in [6.45, 7) is 2.45. The van der Waals surface area contributed by atoms with Crippen LogP contribution in [0.1, 0.15) is 43.0 Å². The quantitative estimate of drug-likeness (QED) is 0.847. The van der Waals surface area contributed by atoms with Crippen LogP contribution in [0.25, 0.3) is 0 Å². The van der Waals surface area contributed by atoms with E-state index >= 15 is 0 Å². The molecule has 142 valence electrons. The zero-order valence-electron chi connectivity index (χ0n) is 15.5. The number of amides is 1. The number of pyridine rings is 1. The van der Waals surface area contributed by atoms with Crippen molar-refractivity contribution in [2.45, 2.75) is 38.3 Å². The lowest BCUT2D eigenvalue weighted by molar-refractivity contribution is -0.123. The van der Waals surface area contributed by atoms with Gasteiger partial charge in [-0.1, -0.05) is 24.3 Å². The minimum atomic E-state index is -0.136. The molecule has 2 aromatic rings. The van der Waals surface area contributed by atoms with Crippen LogP contribution in [-0.4, -0.2) is 28.9 Å². The number of hydrogen-bond donors (Lipinski definition) is 1. The third-order valence-corrected chi connectivity index (χ3v) is 5.71. The van der Waals surface area contributed by atoms with Gasteiger partial charge in [0, 0.05) is 24.2 Å². The highest BCUT2D eigenvalue weighted by molar-refractivity contribution is 5.81. The third-order valence-electron chi connectivity index (χ3n) is 5.71. The van der Waals surface area contributed by atoms with E-state index in [1.807, 2.05) is 30.3 Å². The fraction of sp³-hybridized carbons (Fsp3) is 0.455. The molecule has 1 N–H and O–H groups in total. The molecule has 1 aromatic carbocycles. The number of carbonyl (C=O) groups excluding carboxylic acids is 1. The Morgan fingerprint density at radius 3 is 2.52 bits per heavy atom. The van der Waals surface area contributed by atoms with Gasteiger partial charge in [0.15, 0.2) is 0 Å². The van der Waals surface area contributed by atoms with Gasteiger partial charge in [0.1, 0.15) is 5.82 Å². The molecule has 2 fully saturated rings. The lowest BCUT2D eigenvalue weighted by Crippen LogP contribution is -2.41. The van der Waals surface area contributed by atoms with Gasteiger partial charge >= 0.3 is 0 Å². The summed E-state index contributed by atoms with van der Waals surface area (Å²) in [7, 11) is 0. The van der Waals surface area contributed by atoms with E-state index in [0.717, 1.165) is 50.0 Å². The third kappa shape index (κ3) is 4.53. The van der Waals surface area contributed by atoms with Gasteiger partial charge < -0.3 is 5.32 Å². The molecule has 1 saturated carbocycles. The number of benzene rings is 1. The molecule has 0 spiro atoms. The summed E-state index contributed by atoms with van der Waals surface area (Å²) < 4.78 is 13.9. The number of rotatable bonds is 6. The zero-order valence-corrected chi connectivity index (χ0v) is 15.5. The molecule has 1 aliphatic carbocycles. The number of piperidine rings is 1. The zero-order chi connectivity index (χ0) is 18.6. The van der Waals surface area contributed by atoms with Crippen molar-refractivity contribution < 1.29 is 9.18 Å². The van der Waals surface area contributed by atoms with Crippen molar-refractivity contribution in [3.05, 3.63) is 65.7 Å². The molecule has 27 heavy (non-hydrogen) atoms. The Bertz CT molecular complexity index is 770. The number of halogens is 1. The lowest BCUT2D eigenvalue weighted by Gasteiger charge is -2.36. The average molecular weight is 367 g/mol. The summed E-state index contributed by atoms with van der Waals surface area (Å²) in [6.07, 6.45) is 5.74. The Morgan fingerprint density at radius 2 is 1.85 bits per heavy atom. The largest absolute Gasteiger partial charge is 0.347 e. The van der Waals surface area contributed by atoms with Crippen LogP contribution in [0.15, 0.2) is 48.7 Å². The number of aromatic nitrogens is 1. The molecule has 1 aromatic heterocycles. The van der Waals surface area contributed by atoms with Crippen molar-refractivity contribution in [3.8, 4) is 0 Å². The van der Waals surface area contributed by atoms with E-state index in [-0.39, 0.29) is 23.7 Å². The van der Waals surface area contributed by atoms with Crippen molar-refractivity contribution in [3.63, 3.8) is 0 Å². The van der Waals surface area contributed by atoms with Gasteiger partial charge in [0.05, 0.1) is 11.7 Å². The van der Waals surface area contributed by atoms with Gasteiger partial charge in [-0.15, -0.1) is 0 Å². The molecule has 2 heterocycles. The van der Waals surface area contributed by atoms with Crippen molar-refractivity contribution in [1.82, 2.24) is 15.2 Å². The molecule has 0 unspecified atom stereocenters. The molecule has 1 aliphatic heterocycles. The van der Waals surface area contributed by atoms with Crippen LogP contribution >= 0.6 is 0 Å². The smallest absolute Gasteiger partial charge is 0.223 e. The predicted octanol–water partition coefficient (Wildman–Crippen LogP) is 3.70. The van der Waals surface area contributed by atoms with Crippen LogP contribution in [0, 0.1) is 17.7 Å². The molecule has 2 aliphatic rings. The summed E-state index contributed by atoms with van der Waals surface area (Å²) >= 11 is 0. The van der Waals surface area contributed by atoms with Crippen molar-refractivity contribution in [1.29, 1.82) is 0 Å². The van der Waals surface area contributed by atoms with Crippen LogP contribution in [-0.2, 0) is 11.3 Å². The highest BCUT2D eigenvalue weighted by Gasteiger charge is 2.35. The first-order valence-corrected chi connectivity index (χ1v) is 9.88. The Kier molecular flexibility index (Phi) is 5.48. The molecule has 1 saturated heterocycles. The van der Waals surface area contributed by atoms with Crippen LogP contribution in [0.2, 0.25) is 0 Å². The maximum Gasteiger partial charge on any atom is 0.223 e. The predicted molar refractivity (Wildman–Crippen MR) is 102 cm³/mol. The van der Waals surface area contributed by atoms with E-state index in [2.05, 4.69) is 15.2 Å². The number of hydrogen-bond acceptors (Lipinski definition) is 3. The standard InChI is InChI=1S/C22H26FN3O/c23-19-6-2-1-5-18(19)15-26-13-10-16(11-14-26)21(20-7-3-4-12-24-20)25-22(27)17-8-9-17/h1-7,12,16-17,21H,8-11,13-15H2,(H,25,27)/t21-/m1/s1. The fourth-order valence-electron chi connectivity index (χ4n) is 3.92. The molecular weight excluding hydrogens is 341 g/mol. The molecular formula is C22H26FN3O. The maximum absolute atomic E-state index is 13.9. The van der Waals surface area contributed by atoms with Gasteiger partial charge in [-0.3, -0.25) is 14.7 Å². The minimum Gasteiger partial charge on any atom is -0.347 e. The summed E-state index contributed by atoms with van der Waals surface area (Å²) in [5.41, 5.74) is 1.69. The summed E-state index contributed by atoms with van der Waals surface area (Å²) in [4.78, 5) is 19.2. The number of likely N-dealkylation sites (tertiary alicyclic amines) is 1. The Balaban J connectivity index is 1.40. The van der Waals surface area contributed by atoms with Crippen molar-refractivity contribution in [2.75, 3.05) is 13.1 Å². The Labute approximate surface area is 159 Å². The topological polar surface area (TPSA) is 45.2 Å². The van der Waals surface area contributed by atoms with Gasteiger partial charge in [-0.05, 0) is 62.9 Å². The van der Waals surface area contributed by atoms with Crippen LogP contribution < -0.4 is 5.32 Å². The van der Waals surface area contributed by atoms with Crippen LogP contribution in [0.5, 0.6) is 0 Å². The first-order valence-electron chi connectivity index (χ1n) is 9.88. The number of carbonyl (C=O) groups is 1. The molecule has 4 rings (SSSR count). The van der Waals surface area contributed by atoms with Crippen LogP contribution in [0.3, 0.4) is 0 Å². The highest BCUT2D eigenvalue weighted by atomic mass is 19.1. The van der Waals surface area contributed by atoms with E-state index in [0.29, 0.717) is 12.5 Å². The molecule has 1 amide bonds. The first kappa shape index (κ1) is 18.1. The summed E-state index contributed by atoms with van der Waals surface area (Å²) in [5.74, 6) is 0.582. The molecule has 0 bridgehead atoms. The lowest BCUT2D eigenvalue weighted by atomic mass is 9.87. The summed E-state index contributed by atoms with van der Waals surface area (Å²) in [6, 6.07) is 12.8. The monoisotopic (exact) mass is 367 g/mol. The summed E-state index contributed by atoms with van der Waals surface area (Å²) in [5, 5.41) is 3.26. The van der Waals surface area contributed by atoms with Crippen molar-refractivity contribution in [2.24, 2.45) is 11.8 Å². The molecule has 0 radical (unpaired) electrons. The second-order valence-electron chi connectivity index (χ2n) is 7.72. The first-order chi connectivity index (χ1) is 13.2. The second kappa shape index (κ2) is 8.17. The Hall–Kier alpha value is -2.27. The fourth-order valence-corrected chi connectivity index (χ4v) is 3.92. The van der Waals surface area contributed by atoms with Gasteiger partial charge in [-0.2, -0.15) is 0 Å². The normalized spacial score (nSPS) is 19.6. The minimum absolute atomic E-state index is 0.0325. The van der Waals surface area contributed by atoms with Gasteiger partial charge in [0.25, 0.3) is 0 Å². The van der Waals surface area contributed by atoms with Crippen molar-refractivity contribution >= 4 is 5.91 Å². The Morgan fingerprint density at radius 1 is 1.11 bits per heavy atom. The van der Waals surface area contributed by atoms with Gasteiger partial charge in [-0.25, -0.2) is 4.39 Å². The van der Waals surface area contributed by atoms with Crippen LogP contribution in [0.4, 0.5) is 4.39 Å². The van der Waals surface area contributed by atoms with E-state index in [1.54, 1.807) is 12.3 Å². The maximum atomic E-state index is 13.9. The van der Waals surface area contributed by atoms with E-state index in [4.69, 9.17) is 0 Å².